The Kier molecular flexibility index (Phi) is 3.74. The van der Waals surface area contributed by atoms with Crippen molar-refractivity contribution in [1.29, 1.82) is 0 Å². The molecule has 3 atom stereocenters. The first-order valence-corrected chi connectivity index (χ1v) is 8.37. The summed E-state index contributed by atoms with van der Waals surface area (Å²) < 4.78 is 7.33. The Balaban J connectivity index is 1.33. The zero-order valence-corrected chi connectivity index (χ0v) is 12.8. The van der Waals surface area contributed by atoms with Crippen molar-refractivity contribution in [3.05, 3.63) is 24.5 Å². The molecule has 2 fully saturated rings. The summed E-state index contributed by atoms with van der Waals surface area (Å²) in [4.78, 5) is 12.4. The molecule has 4 rings (SSSR count). The SMILES string of the molecule is O=C(Nc1cnn(CC2CCOCC2)c1)C1CC2C=CC1C2. The summed E-state index contributed by atoms with van der Waals surface area (Å²) in [6.45, 7) is 2.62. The van der Waals surface area contributed by atoms with Gasteiger partial charge in [0.2, 0.25) is 5.91 Å². The number of allylic oxidation sites excluding steroid dienone is 2. The van der Waals surface area contributed by atoms with E-state index in [0.717, 1.165) is 51.1 Å². The van der Waals surface area contributed by atoms with Crippen LogP contribution in [0.15, 0.2) is 24.5 Å². The first-order valence-electron chi connectivity index (χ1n) is 8.37. The predicted molar refractivity (Wildman–Crippen MR) is 83.2 cm³/mol. The number of aromatic nitrogens is 2. The van der Waals surface area contributed by atoms with Crippen molar-refractivity contribution >= 4 is 11.6 Å². The highest BCUT2D eigenvalue weighted by molar-refractivity contribution is 5.93. The Morgan fingerprint density at radius 3 is 2.91 bits per heavy atom. The lowest BCUT2D eigenvalue weighted by atomic mass is 9.93. The van der Waals surface area contributed by atoms with Gasteiger partial charge in [-0.2, -0.15) is 5.10 Å². The van der Waals surface area contributed by atoms with E-state index in [1.54, 1.807) is 6.20 Å². The van der Waals surface area contributed by atoms with Crippen LogP contribution in [0, 0.1) is 23.7 Å². The van der Waals surface area contributed by atoms with Crippen LogP contribution >= 0.6 is 0 Å². The number of nitrogens with zero attached hydrogens (tertiary/aromatic N) is 2. The molecule has 1 aliphatic heterocycles. The number of nitrogens with one attached hydrogen (secondary N) is 1. The smallest absolute Gasteiger partial charge is 0.228 e. The number of rotatable bonds is 4. The average Bonchev–Trinajstić information content (AvgIpc) is 3.25. The minimum absolute atomic E-state index is 0.147. The maximum absolute atomic E-state index is 12.4. The molecule has 0 aromatic carbocycles. The molecule has 1 N–H and O–H groups in total. The number of amides is 1. The van der Waals surface area contributed by atoms with Gasteiger partial charge in [0, 0.05) is 31.9 Å². The van der Waals surface area contributed by atoms with Gasteiger partial charge in [-0.1, -0.05) is 12.2 Å². The van der Waals surface area contributed by atoms with Gasteiger partial charge in [0.15, 0.2) is 0 Å². The van der Waals surface area contributed by atoms with Crippen molar-refractivity contribution in [2.45, 2.75) is 32.2 Å². The molecule has 22 heavy (non-hydrogen) atoms. The van der Waals surface area contributed by atoms with Gasteiger partial charge in [0.1, 0.15) is 0 Å². The number of hydrogen-bond donors (Lipinski definition) is 1. The van der Waals surface area contributed by atoms with Crippen molar-refractivity contribution in [3.8, 4) is 0 Å². The molecule has 1 saturated carbocycles. The first-order chi connectivity index (χ1) is 10.8. The average molecular weight is 301 g/mol. The van der Waals surface area contributed by atoms with Gasteiger partial charge in [-0.25, -0.2) is 0 Å². The lowest BCUT2D eigenvalue weighted by Crippen LogP contribution is -2.25. The summed E-state index contributed by atoms with van der Waals surface area (Å²) in [5, 5.41) is 7.43. The minimum atomic E-state index is 0.147. The summed E-state index contributed by atoms with van der Waals surface area (Å²) in [5.74, 6) is 2.00. The summed E-state index contributed by atoms with van der Waals surface area (Å²) >= 11 is 0. The van der Waals surface area contributed by atoms with E-state index in [2.05, 4.69) is 22.6 Å². The Labute approximate surface area is 130 Å². The van der Waals surface area contributed by atoms with Crippen molar-refractivity contribution in [2.75, 3.05) is 18.5 Å². The number of carbonyl (C=O) groups excluding carboxylic acids is 1. The maximum Gasteiger partial charge on any atom is 0.228 e. The molecule has 2 heterocycles. The van der Waals surface area contributed by atoms with Gasteiger partial charge >= 0.3 is 0 Å². The van der Waals surface area contributed by atoms with E-state index < -0.39 is 0 Å². The highest BCUT2D eigenvalue weighted by atomic mass is 16.5. The number of fused-ring (bicyclic) bond motifs is 2. The standard InChI is InChI=1S/C17H23N3O2/c21-17(16-8-13-1-2-14(16)7-13)19-15-9-18-20(11-15)10-12-3-5-22-6-4-12/h1-2,9,11-14,16H,3-8,10H2,(H,19,21). The molecule has 118 valence electrons. The Morgan fingerprint density at radius 1 is 1.32 bits per heavy atom. The fourth-order valence-corrected chi connectivity index (χ4v) is 4.04. The predicted octanol–water partition coefficient (Wildman–Crippen LogP) is 2.46. The van der Waals surface area contributed by atoms with Crippen molar-refractivity contribution in [1.82, 2.24) is 9.78 Å². The molecule has 0 spiro atoms. The third-order valence-electron chi connectivity index (χ3n) is 5.30. The highest BCUT2D eigenvalue weighted by Crippen LogP contribution is 2.43. The van der Waals surface area contributed by atoms with Gasteiger partial charge in [-0.15, -0.1) is 0 Å². The van der Waals surface area contributed by atoms with E-state index in [9.17, 15) is 4.79 Å². The van der Waals surface area contributed by atoms with Gasteiger partial charge in [0.25, 0.3) is 0 Å². The van der Waals surface area contributed by atoms with E-state index in [1.807, 2.05) is 10.9 Å². The lowest BCUT2D eigenvalue weighted by Gasteiger charge is -2.21. The Hall–Kier alpha value is -1.62. The van der Waals surface area contributed by atoms with Crippen LogP contribution in [0.4, 0.5) is 5.69 Å². The van der Waals surface area contributed by atoms with Gasteiger partial charge < -0.3 is 10.1 Å². The number of anilines is 1. The fourth-order valence-electron chi connectivity index (χ4n) is 4.04. The highest BCUT2D eigenvalue weighted by Gasteiger charge is 2.39. The Morgan fingerprint density at radius 2 is 2.18 bits per heavy atom. The third-order valence-corrected chi connectivity index (χ3v) is 5.30. The first kappa shape index (κ1) is 14.0. The number of ether oxygens (including phenoxy) is 1. The van der Waals surface area contributed by atoms with Crippen LogP contribution in [0.3, 0.4) is 0 Å². The van der Waals surface area contributed by atoms with E-state index >= 15 is 0 Å². The maximum atomic E-state index is 12.4. The molecule has 1 amide bonds. The number of carbonyl (C=O) groups is 1. The normalized spacial score (nSPS) is 30.8. The summed E-state index contributed by atoms with van der Waals surface area (Å²) in [7, 11) is 0. The minimum Gasteiger partial charge on any atom is -0.381 e. The van der Waals surface area contributed by atoms with Crippen LogP contribution < -0.4 is 5.32 Å². The topological polar surface area (TPSA) is 56.2 Å². The third kappa shape index (κ3) is 2.82. The molecule has 5 heteroatoms. The summed E-state index contributed by atoms with van der Waals surface area (Å²) in [5.41, 5.74) is 0.823. The van der Waals surface area contributed by atoms with Crippen LogP contribution in [-0.2, 0) is 16.1 Å². The quantitative estimate of drug-likeness (QED) is 0.869. The zero-order chi connectivity index (χ0) is 14.9. The van der Waals surface area contributed by atoms with Gasteiger partial charge in [-0.05, 0) is 43.4 Å². The molecule has 1 saturated heterocycles. The second-order valence-corrected chi connectivity index (χ2v) is 6.88. The van der Waals surface area contributed by atoms with Crippen LogP contribution in [0.5, 0.6) is 0 Å². The van der Waals surface area contributed by atoms with Crippen molar-refractivity contribution < 1.29 is 9.53 Å². The molecule has 1 aromatic heterocycles. The van der Waals surface area contributed by atoms with Crippen LogP contribution in [-0.4, -0.2) is 28.9 Å². The summed E-state index contributed by atoms with van der Waals surface area (Å²) in [6.07, 6.45) is 12.5. The molecular formula is C17H23N3O2. The van der Waals surface area contributed by atoms with E-state index in [0.29, 0.717) is 17.8 Å². The molecule has 2 bridgehead atoms. The molecular weight excluding hydrogens is 278 g/mol. The number of hydrogen-bond acceptors (Lipinski definition) is 3. The van der Waals surface area contributed by atoms with Crippen LogP contribution in [0.25, 0.3) is 0 Å². The van der Waals surface area contributed by atoms with Gasteiger partial charge in [-0.3, -0.25) is 9.48 Å². The molecule has 2 aliphatic carbocycles. The fraction of sp³-hybridized carbons (Fsp3) is 0.647. The van der Waals surface area contributed by atoms with Crippen molar-refractivity contribution in [2.24, 2.45) is 23.7 Å². The second-order valence-electron chi connectivity index (χ2n) is 6.88. The summed E-state index contributed by atoms with van der Waals surface area (Å²) in [6, 6.07) is 0. The zero-order valence-electron chi connectivity index (χ0n) is 12.8. The Bertz CT molecular complexity index is 574. The largest absolute Gasteiger partial charge is 0.381 e. The lowest BCUT2D eigenvalue weighted by molar-refractivity contribution is -0.120. The van der Waals surface area contributed by atoms with Crippen molar-refractivity contribution in [3.63, 3.8) is 0 Å². The monoisotopic (exact) mass is 301 g/mol. The van der Waals surface area contributed by atoms with E-state index in [-0.39, 0.29) is 11.8 Å². The molecule has 0 radical (unpaired) electrons. The van der Waals surface area contributed by atoms with Gasteiger partial charge in [0.05, 0.1) is 11.9 Å². The van der Waals surface area contributed by atoms with Crippen LogP contribution in [0.1, 0.15) is 25.7 Å². The second kappa shape index (κ2) is 5.88. The molecule has 3 aliphatic rings. The van der Waals surface area contributed by atoms with E-state index in [4.69, 9.17) is 4.74 Å². The molecule has 1 aromatic rings. The molecule has 3 unspecified atom stereocenters. The molecule has 5 nitrogen and oxygen atoms in total. The van der Waals surface area contributed by atoms with Crippen LogP contribution in [0.2, 0.25) is 0 Å². The van der Waals surface area contributed by atoms with E-state index in [1.165, 1.54) is 0 Å².